The van der Waals surface area contributed by atoms with Crippen molar-refractivity contribution in [1.29, 1.82) is 0 Å². The lowest BCUT2D eigenvalue weighted by Crippen LogP contribution is -2.34. The molecule has 106 valence electrons. The summed E-state index contributed by atoms with van der Waals surface area (Å²) >= 11 is 0. The summed E-state index contributed by atoms with van der Waals surface area (Å²) in [6.45, 7) is 7.36. The van der Waals surface area contributed by atoms with Crippen LogP contribution in [0.4, 0.5) is 0 Å². The average molecular weight is 276 g/mol. The van der Waals surface area contributed by atoms with Gasteiger partial charge in [-0.25, -0.2) is 8.42 Å². The minimum absolute atomic E-state index is 0.0183. The van der Waals surface area contributed by atoms with Gasteiger partial charge in [0, 0.05) is 19.5 Å². The molecule has 0 spiro atoms. The van der Waals surface area contributed by atoms with E-state index in [2.05, 4.69) is 10.2 Å². The van der Waals surface area contributed by atoms with E-state index in [1.54, 1.807) is 13.8 Å². The predicted octanol–water partition coefficient (Wildman–Crippen LogP) is 0.0641. The van der Waals surface area contributed by atoms with Crippen LogP contribution in [0, 0.1) is 0 Å². The summed E-state index contributed by atoms with van der Waals surface area (Å²) < 4.78 is 23.2. The molecular formula is C12H24N2O3S. The first-order chi connectivity index (χ1) is 8.42. The van der Waals surface area contributed by atoms with Crippen LogP contribution in [0.3, 0.4) is 0 Å². The molecule has 5 nitrogen and oxygen atoms in total. The monoisotopic (exact) mass is 276 g/mol. The molecule has 1 saturated heterocycles. The van der Waals surface area contributed by atoms with Crippen LogP contribution in [-0.2, 0) is 14.6 Å². The first-order valence-electron chi connectivity index (χ1n) is 6.58. The van der Waals surface area contributed by atoms with Crippen molar-refractivity contribution in [3.05, 3.63) is 0 Å². The molecule has 0 radical (unpaired) electrons. The Morgan fingerprint density at radius 1 is 1.28 bits per heavy atom. The molecule has 0 unspecified atom stereocenters. The first-order valence-corrected chi connectivity index (χ1v) is 8.29. The summed E-state index contributed by atoms with van der Waals surface area (Å²) in [5, 5.41) is 2.88. The Kier molecular flexibility index (Phi) is 6.25. The average Bonchev–Trinajstić information content (AvgIpc) is 2.55. The van der Waals surface area contributed by atoms with Crippen LogP contribution < -0.4 is 5.32 Å². The molecule has 1 aliphatic rings. The Bertz CT molecular complexity index is 358. The van der Waals surface area contributed by atoms with Crippen molar-refractivity contribution in [2.45, 2.75) is 31.9 Å². The second kappa shape index (κ2) is 7.21. The van der Waals surface area contributed by atoms with E-state index in [0.717, 1.165) is 32.6 Å². The van der Waals surface area contributed by atoms with Gasteiger partial charge in [0.2, 0.25) is 0 Å². The Morgan fingerprint density at radius 3 is 2.67 bits per heavy atom. The summed E-state index contributed by atoms with van der Waals surface area (Å²) in [5.74, 6) is 0.0106. The van der Waals surface area contributed by atoms with Gasteiger partial charge in [0.1, 0.15) is 5.78 Å². The topological polar surface area (TPSA) is 66.5 Å². The zero-order valence-corrected chi connectivity index (χ0v) is 12.1. The SMILES string of the molecule is CC(C)S(=O)(=O)CCC(=O)CN1CCCNCC1. The highest BCUT2D eigenvalue weighted by atomic mass is 32.2. The molecule has 0 aromatic heterocycles. The van der Waals surface area contributed by atoms with Crippen LogP contribution in [0.1, 0.15) is 26.7 Å². The van der Waals surface area contributed by atoms with E-state index in [4.69, 9.17) is 0 Å². The van der Waals surface area contributed by atoms with Gasteiger partial charge < -0.3 is 5.32 Å². The van der Waals surface area contributed by atoms with E-state index < -0.39 is 15.1 Å². The molecule has 0 amide bonds. The lowest BCUT2D eigenvalue weighted by Gasteiger charge is -2.18. The highest BCUT2D eigenvalue weighted by molar-refractivity contribution is 7.91. The summed E-state index contributed by atoms with van der Waals surface area (Å²) in [6, 6.07) is 0. The molecule has 0 bridgehead atoms. The minimum atomic E-state index is -3.09. The summed E-state index contributed by atoms with van der Waals surface area (Å²) in [4.78, 5) is 13.9. The number of sulfone groups is 1. The van der Waals surface area contributed by atoms with Gasteiger partial charge in [-0.05, 0) is 33.4 Å². The fourth-order valence-electron chi connectivity index (χ4n) is 1.88. The Labute approximate surface area is 110 Å². The van der Waals surface area contributed by atoms with Crippen molar-refractivity contribution in [3.8, 4) is 0 Å². The van der Waals surface area contributed by atoms with Crippen LogP contribution in [0.5, 0.6) is 0 Å². The van der Waals surface area contributed by atoms with Crippen molar-refractivity contribution >= 4 is 15.6 Å². The molecule has 1 rings (SSSR count). The van der Waals surface area contributed by atoms with Crippen LogP contribution in [0.2, 0.25) is 0 Å². The van der Waals surface area contributed by atoms with E-state index in [0.29, 0.717) is 6.54 Å². The van der Waals surface area contributed by atoms with Crippen molar-refractivity contribution in [3.63, 3.8) is 0 Å². The normalized spacial score (nSPS) is 18.8. The summed E-state index contributed by atoms with van der Waals surface area (Å²) in [6.07, 6.45) is 1.18. The van der Waals surface area contributed by atoms with Crippen molar-refractivity contribution in [2.24, 2.45) is 0 Å². The quantitative estimate of drug-likeness (QED) is 0.743. The molecule has 0 aromatic carbocycles. The summed E-state index contributed by atoms with van der Waals surface area (Å²) in [7, 11) is -3.09. The second-order valence-electron chi connectivity index (χ2n) is 5.08. The van der Waals surface area contributed by atoms with Gasteiger partial charge in [0.15, 0.2) is 9.84 Å². The summed E-state index contributed by atoms with van der Waals surface area (Å²) in [5.41, 5.74) is 0. The lowest BCUT2D eigenvalue weighted by molar-refractivity contribution is -0.119. The van der Waals surface area contributed by atoms with E-state index >= 15 is 0 Å². The van der Waals surface area contributed by atoms with E-state index in [-0.39, 0.29) is 18.0 Å². The molecule has 0 aliphatic carbocycles. The highest BCUT2D eigenvalue weighted by Crippen LogP contribution is 2.04. The van der Waals surface area contributed by atoms with Crippen molar-refractivity contribution < 1.29 is 13.2 Å². The second-order valence-corrected chi connectivity index (χ2v) is 7.76. The smallest absolute Gasteiger partial charge is 0.153 e. The number of nitrogens with zero attached hydrogens (tertiary/aromatic N) is 1. The van der Waals surface area contributed by atoms with Crippen LogP contribution >= 0.6 is 0 Å². The molecule has 0 atom stereocenters. The maximum absolute atomic E-state index is 11.8. The van der Waals surface area contributed by atoms with Gasteiger partial charge in [-0.1, -0.05) is 0 Å². The zero-order valence-electron chi connectivity index (χ0n) is 11.3. The van der Waals surface area contributed by atoms with Gasteiger partial charge in [-0.15, -0.1) is 0 Å². The maximum Gasteiger partial charge on any atom is 0.153 e. The minimum Gasteiger partial charge on any atom is -0.315 e. The number of rotatable bonds is 6. The van der Waals surface area contributed by atoms with Gasteiger partial charge in [-0.2, -0.15) is 0 Å². The first kappa shape index (κ1) is 15.6. The standard InChI is InChI=1S/C12H24N2O3S/c1-11(2)18(16,17)9-4-12(15)10-14-7-3-5-13-6-8-14/h11,13H,3-10H2,1-2H3. The number of nitrogens with one attached hydrogen (secondary N) is 1. The van der Waals surface area contributed by atoms with E-state index in [1.165, 1.54) is 0 Å². The largest absolute Gasteiger partial charge is 0.315 e. The third kappa shape index (κ3) is 5.46. The van der Waals surface area contributed by atoms with E-state index in [9.17, 15) is 13.2 Å². The zero-order chi connectivity index (χ0) is 13.6. The molecule has 1 N–H and O–H groups in total. The third-order valence-electron chi connectivity index (χ3n) is 3.22. The Hall–Kier alpha value is -0.460. The third-order valence-corrected chi connectivity index (χ3v) is 5.43. The van der Waals surface area contributed by atoms with Crippen molar-refractivity contribution in [2.75, 3.05) is 38.5 Å². The molecule has 0 aromatic rings. The number of hydrogen-bond acceptors (Lipinski definition) is 5. The number of carbonyl (C=O) groups is 1. The number of Topliss-reactive ketones (excluding diaryl/α,β-unsaturated/α-hetero) is 1. The van der Waals surface area contributed by atoms with Crippen LogP contribution in [0.15, 0.2) is 0 Å². The number of carbonyl (C=O) groups excluding carboxylic acids is 1. The van der Waals surface area contributed by atoms with Crippen LogP contribution in [0.25, 0.3) is 0 Å². The fourth-order valence-corrected chi connectivity index (χ4v) is 2.86. The molecule has 6 heteroatoms. The molecular weight excluding hydrogens is 252 g/mol. The van der Waals surface area contributed by atoms with E-state index in [1.807, 2.05) is 0 Å². The number of ketones is 1. The predicted molar refractivity (Wildman–Crippen MR) is 72.5 cm³/mol. The number of hydrogen-bond donors (Lipinski definition) is 1. The lowest BCUT2D eigenvalue weighted by atomic mass is 10.3. The maximum atomic E-state index is 11.8. The van der Waals surface area contributed by atoms with Gasteiger partial charge in [0.05, 0.1) is 17.5 Å². The van der Waals surface area contributed by atoms with Crippen molar-refractivity contribution in [1.82, 2.24) is 10.2 Å². The van der Waals surface area contributed by atoms with Gasteiger partial charge in [-0.3, -0.25) is 9.69 Å². The molecule has 1 heterocycles. The molecule has 1 aliphatic heterocycles. The van der Waals surface area contributed by atoms with Gasteiger partial charge in [0.25, 0.3) is 0 Å². The molecule has 18 heavy (non-hydrogen) atoms. The molecule has 1 fully saturated rings. The van der Waals surface area contributed by atoms with Gasteiger partial charge >= 0.3 is 0 Å². The molecule has 0 saturated carbocycles. The fraction of sp³-hybridized carbons (Fsp3) is 0.917. The van der Waals surface area contributed by atoms with Crippen LogP contribution in [-0.4, -0.2) is 62.8 Å². The highest BCUT2D eigenvalue weighted by Gasteiger charge is 2.19. The Balaban J connectivity index is 2.33. The Morgan fingerprint density at radius 2 is 2.00 bits per heavy atom.